The van der Waals surface area contributed by atoms with Crippen LogP contribution in [0.4, 0.5) is 10.6 Å². The number of nitrogens with two attached hydrogens (primary N) is 1. The van der Waals surface area contributed by atoms with Crippen molar-refractivity contribution in [1.29, 1.82) is 0 Å². The van der Waals surface area contributed by atoms with Crippen molar-refractivity contribution in [2.24, 2.45) is 5.73 Å². The quantitative estimate of drug-likeness (QED) is 0.568. The molecule has 0 radical (unpaired) electrons. The summed E-state index contributed by atoms with van der Waals surface area (Å²) in [6.07, 6.45) is 2.67. The Kier molecular flexibility index (Phi) is 6.72. The van der Waals surface area contributed by atoms with E-state index in [1.165, 1.54) is 6.33 Å². The van der Waals surface area contributed by atoms with E-state index >= 15 is 0 Å². The van der Waals surface area contributed by atoms with Crippen molar-refractivity contribution in [2.75, 3.05) is 25.5 Å². The second kappa shape index (κ2) is 9.73. The third-order valence-electron chi connectivity index (χ3n) is 5.65. The van der Waals surface area contributed by atoms with Crippen LogP contribution in [0.3, 0.4) is 0 Å². The van der Waals surface area contributed by atoms with Crippen LogP contribution in [-0.2, 0) is 4.74 Å². The Labute approximate surface area is 203 Å². The molecule has 3 N–H and O–H groups in total. The summed E-state index contributed by atoms with van der Waals surface area (Å²) in [5.41, 5.74) is 7.36. The van der Waals surface area contributed by atoms with Crippen molar-refractivity contribution >= 4 is 28.9 Å². The van der Waals surface area contributed by atoms with Crippen LogP contribution in [0.5, 0.6) is 5.75 Å². The number of carbonyl (C=O) groups excluding carboxylic acids is 2. The molecule has 1 aliphatic heterocycles. The van der Waals surface area contributed by atoms with Gasteiger partial charge in [0.2, 0.25) is 0 Å². The fourth-order valence-corrected chi connectivity index (χ4v) is 4.11. The predicted octanol–water partition coefficient (Wildman–Crippen LogP) is 3.61. The van der Waals surface area contributed by atoms with Gasteiger partial charge in [0.15, 0.2) is 5.82 Å². The van der Waals surface area contributed by atoms with Gasteiger partial charge in [-0.25, -0.2) is 19.7 Å². The first kappa shape index (κ1) is 24.2. The molecule has 2 amide bonds. The second-order valence-corrected chi connectivity index (χ2v) is 9.45. The number of aromatic nitrogens is 3. The SMILES string of the molecule is COc1ccccc1-c1cc(C(N)=O)c2ncnc(N[C@H]3CCCN(C(=O)OC(C)(C)C)C3)c2n1. The van der Waals surface area contributed by atoms with E-state index in [4.69, 9.17) is 20.2 Å². The Morgan fingerprint density at radius 1 is 1.17 bits per heavy atom. The number of pyridine rings is 1. The topological polar surface area (TPSA) is 133 Å². The molecular weight excluding hydrogens is 448 g/mol. The maximum absolute atomic E-state index is 12.6. The molecule has 4 rings (SSSR count). The van der Waals surface area contributed by atoms with Gasteiger partial charge < -0.3 is 25.4 Å². The average Bonchev–Trinajstić information content (AvgIpc) is 2.82. The molecule has 0 spiro atoms. The fourth-order valence-electron chi connectivity index (χ4n) is 4.11. The van der Waals surface area contributed by atoms with Gasteiger partial charge in [-0.2, -0.15) is 0 Å². The van der Waals surface area contributed by atoms with Crippen LogP contribution in [0.2, 0.25) is 0 Å². The number of hydrogen-bond acceptors (Lipinski definition) is 8. The lowest BCUT2D eigenvalue weighted by Gasteiger charge is -2.34. The standard InChI is InChI=1S/C25H30N6O4/c1-25(2,3)35-24(33)31-11-7-8-15(13-31)29-23-21-20(27-14-28-23)17(22(26)32)12-18(30-21)16-9-5-6-10-19(16)34-4/h5-6,9-10,12,14-15H,7-8,11,13H2,1-4H3,(H2,26,32)(H,27,28,29)/t15-/m0/s1. The molecular formula is C25H30N6O4. The van der Waals surface area contributed by atoms with Gasteiger partial charge in [0.05, 0.1) is 18.4 Å². The Hall–Kier alpha value is -3.95. The maximum atomic E-state index is 12.6. The fraction of sp³-hybridized carbons (Fsp3) is 0.400. The Morgan fingerprint density at radius 3 is 2.66 bits per heavy atom. The lowest BCUT2D eigenvalue weighted by molar-refractivity contribution is 0.0206. The number of benzene rings is 1. The average molecular weight is 479 g/mol. The van der Waals surface area contributed by atoms with Crippen LogP contribution in [-0.4, -0.2) is 63.7 Å². The molecule has 10 heteroatoms. The van der Waals surface area contributed by atoms with Gasteiger partial charge in [0.1, 0.15) is 28.7 Å². The van der Waals surface area contributed by atoms with E-state index in [-0.39, 0.29) is 17.7 Å². The molecule has 0 saturated carbocycles. The van der Waals surface area contributed by atoms with E-state index in [2.05, 4.69) is 15.3 Å². The first-order chi connectivity index (χ1) is 16.7. The van der Waals surface area contributed by atoms with Crippen molar-refractivity contribution in [2.45, 2.75) is 45.3 Å². The van der Waals surface area contributed by atoms with E-state index in [1.54, 1.807) is 18.1 Å². The van der Waals surface area contributed by atoms with E-state index < -0.39 is 11.5 Å². The zero-order chi connectivity index (χ0) is 25.2. The number of hydrogen-bond donors (Lipinski definition) is 2. The molecule has 0 aliphatic carbocycles. The number of primary amides is 1. The number of likely N-dealkylation sites (tertiary alicyclic amines) is 1. The third kappa shape index (κ3) is 5.42. The summed E-state index contributed by atoms with van der Waals surface area (Å²) in [4.78, 5) is 40.1. The molecule has 35 heavy (non-hydrogen) atoms. The number of rotatable bonds is 5. The third-order valence-corrected chi connectivity index (χ3v) is 5.65. The largest absolute Gasteiger partial charge is 0.496 e. The number of methoxy groups -OCH3 is 1. The number of anilines is 1. The number of piperidine rings is 1. The van der Waals surface area contributed by atoms with Gasteiger partial charge in [-0.15, -0.1) is 0 Å². The lowest BCUT2D eigenvalue weighted by atomic mass is 10.0. The number of para-hydroxylation sites is 1. The molecule has 184 valence electrons. The van der Waals surface area contributed by atoms with Crippen LogP contribution in [0.1, 0.15) is 44.0 Å². The van der Waals surface area contributed by atoms with Crippen LogP contribution < -0.4 is 15.8 Å². The highest BCUT2D eigenvalue weighted by Crippen LogP contribution is 2.32. The number of carbonyl (C=O) groups is 2. The van der Waals surface area contributed by atoms with Gasteiger partial charge in [-0.1, -0.05) is 12.1 Å². The normalized spacial score (nSPS) is 16.1. The van der Waals surface area contributed by atoms with Gasteiger partial charge >= 0.3 is 6.09 Å². The summed E-state index contributed by atoms with van der Waals surface area (Å²) in [6.45, 7) is 6.62. The van der Waals surface area contributed by atoms with Gasteiger partial charge in [-0.3, -0.25) is 4.79 Å². The maximum Gasteiger partial charge on any atom is 0.410 e. The van der Waals surface area contributed by atoms with Gasteiger partial charge in [0.25, 0.3) is 5.91 Å². The van der Waals surface area contributed by atoms with Gasteiger partial charge in [-0.05, 0) is 51.8 Å². The zero-order valence-electron chi connectivity index (χ0n) is 20.4. The minimum atomic E-state index is -0.619. The molecule has 3 aromatic rings. The highest BCUT2D eigenvalue weighted by Gasteiger charge is 2.28. The molecule has 1 aromatic carbocycles. The van der Waals surface area contributed by atoms with Crippen molar-refractivity contribution in [3.8, 4) is 17.0 Å². The summed E-state index contributed by atoms with van der Waals surface area (Å²) in [5, 5.41) is 3.40. The molecule has 2 aromatic heterocycles. The molecule has 10 nitrogen and oxygen atoms in total. The summed E-state index contributed by atoms with van der Waals surface area (Å²) >= 11 is 0. The summed E-state index contributed by atoms with van der Waals surface area (Å²) < 4.78 is 11.0. The van der Waals surface area contributed by atoms with Crippen LogP contribution >= 0.6 is 0 Å². The number of nitrogens with one attached hydrogen (secondary N) is 1. The molecule has 1 atom stereocenters. The van der Waals surface area contributed by atoms with Crippen LogP contribution in [0.25, 0.3) is 22.3 Å². The first-order valence-electron chi connectivity index (χ1n) is 11.5. The van der Waals surface area contributed by atoms with E-state index in [1.807, 2.05) is 45.0 Å². The van der Waals surface area contributed by atoms with E-state index in [0.717, 1.165) is 12.8 Å². The van der Waals surface area contributed by atoms with Gasteiger partial charge in [0, 0.05) is 24.7 Å². The minimum absolute atomic E-state index is 0.0805. The highest BCUT2D eigenvalue weighted by molar-refractivity contribution is 6.07. The molecule has 1 aliphatic rings. The van der Waals surface area contributed by atoms with E-state index in [9.17, 15) is 9.59 Å². The minimum Gasteiger partial charge on any atom is -0.496 e. The second-order valence-electron chi connectivity index (χ2n) is 9.45. The van der Waals surface area contributed by atoms with Crippen LogP contribution in [0.15, 0.2) is 36.7 Å². The number of nitrogens with zero attached hydrogens (tertiary/aromatic N) is 4. The molecule has 1 fully saturated rings. The molecule has 0 bridgehead atoms. The zero-order valence-corrected chi connectivity index (χ0v) is 20.4. The summed E-state index contributed by atoms with van der Waals surface area (Å²) in [7, 11) is 1.57. The number of amides is 2. The Balaban J connectivity index is 1.70. The molecule has 0 unspecified atom stereocenters. The summed E-state index contributed by atoms with van der Waals surface area (Å²) in [6, 6.07) is 8.93. The Morgan fingerprint density at radius 2 is 1.94 bits per heavy atom. The van der Waals surface area contributed by atoms with Crippen molar-refractivity contribution in [1.82, 2.24) is 19.9 Å². The van der Waals surface area contributed by atoms with E-state index in [0.29, 0.717) is 46.9 Å². The smallest absolute Gasteiger partial charge is 0.410 e. The van der Waals surface area contributed by atoms with Crippen molar-refractivity contribution in [3.63, 3.8) is 0 Å². The number of ether oxygens (including phenoxy) is 2. The lowest BCUT2D eigenvalue weighted by Crippen LogP contribution is -2.47. The van der Waals surface area contributed by atoms with Crippen molar-refractivity contribution < 1.29 is 19.1 Å². The number of fused-ring (bicyclic) bond motifs is 1. The van der Waals surface area contributed by atoms with Crippen LogP contribution in [0, 0.1) is 0 Å². The highest BCUT2D eigenvalue weighted by atomic mass is 16.6. The molecule has 3 heterocycles. The van der Waals surface area contributed by atoms with Crippen molar-refractivity contribution in [3.05, 3.63) is 42.2 Å². The predicted molar refractivity (Wildman–Crippen MR) is 132 cm³/mol. The first-order valence-corrected chi connectivity index (χ1v) is 11.5. The monoisotopic (exact) mass is 478 g/mol. The Bertz CT molecular complexity index is 1260. The summed E-state index contributed by atoms with van der Waals surface area (Å²) in [5.74, 6) is 0.457. The molecule has 1 saturated heterocycles.